The number of carbonyl (C=O) groups is 1. The first-order valence-corrected chi connectivity index (χ1v) is 13.4. The molecule has 1 saturated heterocycles. The van der Waals surface area contributed by atoms with E-state index in [-0.39, 0.29) is 24.3 Å². The third kappa shape index (κ3) is 5.37. The molecule has 1 aliphatic rings. The van der Waals surface area contributed by atoms with E-state index in [1.54, 1.807) is 43.3 Å². The van der Waals surface area contributed by atoms with E-state index in [2.05, 4.69) is 4.90 Å². The van der Waals surface area contributed by atoms with Crippen LogP contribution in [0.25, 0.3) is 0 Å². The second-order valence-electron chi connectivity index (χ2n) is 8.48. The first-order chi connectivity index (χ1) is 16.9. The second-order valence-corrected chi connectivity index (χ2v) is 11.2. The lowest BCUT2D eigenvalue weighted by Crippen LogP contribution is -2.54. The molecular formula is C27H28ClNO5S. The Labute approximate surface area is 211 Å². The van der Waals surface area contributed by atoms with Gasteiger partial charge in [-0.3, -0.25) is 9.69 Å². The van der Waals surface area contributed by atoms with Gasteiger partial charge in [-0.15, -0.1) is 0 Å². The van der Waals surface area contributed by atoms with Gasteiger partial charge < -0.3 is 9.47 Å². The van der Waals surface area contributed by atoms with Crippen molar-refractivity contribution < 1.29 is 22.7 Å². The van der Waals surface area contributed by atoms with Crippen LogP contribution in [0, 0.1) is 0 Å². The Morgan fingerprint density at radius 3 is 2.20 bits per heavy atom. The molecule has 0 N–H and O–H groups in total. The van der Waals surface area contributed by atoms with Crippen LogP contribution < -0.4 is 4.74 Å². The fourth-order valence-corrected chi connectivity index (χ4v) is 6.44. The van der Waals surface area contributed by atoms with E-state index in [4.69, 9.17) is 21.1 Å². The molecule has 4 rings (SSSR count). The van der Waals surface area contributed by atoms with Gasteiger partial charge in [-0.1, -0.05) is 54.1 Å². The molecular weight excluding hydrogens is 486 g/mol. The number of hydrogen-bond acceptors (Lipinski definition) is 6. The van der Waals surface area contributed by atoms with Gasteiger partial charge in [0.15, 0.2) is 14.6 Å². The monoisotopic (exact) mass is 513 g/mol. The van der Waals surface area contributed by atoms with Crippen molar-refractivity contribution in [2.45, 2.75) is 36.0 Å². The Morgan fingerprint density at radius 1 is 0.943 bits per heavy atom. The van der Waals surface area contributed by atoms with Crippen molar-refractivity contribution in [2.75, 3.05) is 19.7 Å². The summed E-state index contributed by atoms with van der Waals surface area (Å²) in [5.74, 6) is 0.231. The lowest BCUT2D eigenvalue weighted by atomic mass is 9.95. The molecule has 184 valence electrons. The molecule has 0 radical (unpaired) electrons. The molecule has 0 atom stereocenters. The van der Waals surface area contributed by atoms with Gasteiger partial charge in [0.2, 0.25) is 0 Å². The molecule has 0 saturated carbocycles. The number of halogens is 1. The molecule has 35 heavy (non-hydrogen) atoms. The summed E-state index contributed by atoms with van der Waals surface area (Å²) < 4.78 is 37.1. The zero-order valence-corrected chi connectivity index (χ0v) is 21.1. The summed E-state index contributed by atoms with van der Waals surface area (Å²) in [5.41, 5.74) is 1.15. The van der Waals surface area contributed by atoms with Crippen LogP contribution >= 0.6 is 11.6 Å². The minimum Gasteiger partial charge on any atom is -0.465 e. The Hall–Kier alpha value is -2.87. The van der Waals surface area contributed by atoms with E-state index < -0.39 is 20.6 Å². The molecule has 0 aliphatic carbocycles. The number of likely N-dealkylation sites (tertiary alicyclic amines) is 1. The maximum absolute atomic E-state index is 13.8. The molecule has 0 bridgehead atoms. The SMILES string of the molecule is CCOC(=O)C1(S(=O)(=O)c2ccc(Oc3ccccc3Cl)cc2)CCN(Cc2ccccc2)CC1. The molecule has 8 heteroatoms. The summed E-state index contributed by atoms with van der Waals surface area (Å²) in [4.78, 5) is 15.3. The van der Waals surface area contributed by atoms with Crippen LogP contribution in [0.3, 0.4) is 0 Å². The summed E-state index contributed by atoms with van der Waals surface area (Å²) in [7, 11) is -4.02. The van der Waals surface area contributed by atoms with E-state index in [9.17, 15) is 13.2 Å². The topological polar surface area (TPSA) is 72.9 Å². The number of ether oxygens (including phenoxy) is 2. The van der Waals surface area contributed by atoms with Crippen LogP contribution in [0.1, 0.15) is 25.3 Å². The summed E-state index contributed by atoms with van der Waals surface area (Å²) in [6.45, 7) is 3.45. The summed E-state index contributed by atoms with van der Waals surface area (Å²) >= 11 is 6.15. The summed E-state index contributed by atoms with van der Waals surface area (Å²) in [6.07, 6.45) is 0.331. The standard InChI is InChI=1S/C27H28ClNO5S/c1-2-33-26(30)27(16-18-29(19-17-27)20-21-8-4-3-5-9-21)35(31,32)23-14-12-22(13-15-23)34-25-11-7-6-10-24(25)28/h3-15H,2,16-20H2,1H3. The van der Waals surface area contributed by atoms with Gasteiger partial charge in [0.25, 0.3) is 0 Å². The fourth-order valence-electron chi connectivity index (χ4n) is 4.33. The third-order valence-electron chi connectivity index (χ3n) is 6.27. The largest absolute Gasteiger partial charge is 0.465 e. The second kappa shape index (κ2) is 10.8. The number of piperidine rings is 1. The highest BCUT2D eigenvalue weighted by molar-refractivity contribution is 7.93. The molecule has 0 amide bonds. The number of hydrogen-bond donors (Lipinski definition) is 0. The minimum atomic E-state index is -4.02. The molecule has 1 aliphatic heterocycles. The van der Waals surface area contributed by atoms with Crippen molar-refractivity contribution in [3.63, 3.8) is 0 Å². The fraction of sp³-hybridized carbons (Fsp3) is 0.296. The number of para-hydroxylation sites is 1. The highest BCUT2D eigenvalue weighted by Gasteiger charge is 2.54. The normalized spacial score (nSPS) is 15.9. The third-order valence-corrected chi connectivity index (χ3v) is 9.08. The van der Waals surface area contributed by atoms with Crippen LogP contribution in [0.4, 0.5) is 0 Å². The van der Waals surface area contributed by atoms with Crippen LogP contribution in [0.2, 0.25) is 5.02 Å². The van der Waals surface area contributed by atoms with Crippen molar-refractivity contribution in [3.8, 4) is 11.5 Å². The number of rotatable bonds is 8. The Kier molecular flexibility index (Phi) is 7.79. The van der Waals surface area contributed by atoms with Crippen molar-refractivity contribution in [1.29, 1.82) is 0 Å². The minimum absolute atomic E-state index is 0.0635. The molecule has 0 unspecified atom stereocenters. The predicted molar refractivity (Wildman–Crippen MR) is 135 cm³/mol. The molecule has 0 aromatic heterocycles. The maximum atomic E-state index is 13.8. The molecule has 1 heterocycles. The van der Waals surface area contributed by atoms with Crippen molar-refractivity contribution in [2.24, 2.45) is 0 Å². The quantitative estimate of drug-likeness (QED) is 0.370. The first kappa shape index (κ1) is 25.2. The van der Waals surface area contributed by atoms with Gasteiger partial charge in [-0.05, 0) is 61.7 Å². The van der Waals surface area contributed by atoms with Gasteiger partial charge in [0.05, 0.1) is 16.5 Å². The number of sulfone groups is 1. The van der Waals surface area contributed by atoms with Crippen molar-refractivity contribution in [3.05, 3.63) is 89.4 Å². The van der Waals surface area contributed by atoms with Crippen molar-refractivity contribution >= 4 is 27.4 Å². The molecule has 0 spiro atoms. The van der Waals surface area contributed by atoms with E-state index in [0.717, 1.165) is 5.56 Å². The highest BCUT2D eigenvalue weighted by atomic mass is 35.5. The smallest absolute Gasteiger partial charge is 0.327 e. The van der Waals surface area contributed by atoms with Crippen LogP contribution in [-0.4, -0.2) is 43.7 Å². The van der Waals surface area contributed by atoms with Gasteiger partial charge in [-0.2, -0.15) is 0 Å². The maximum Gasteiger partial charge on any atom is 0.327 e. The molecule has 3 aromatic rings. The van der Waals surface area contributed by atoms with Gasteiger partial charge >= 0.3 is 5.97 Å². The van der Waals surface area contributed by atoms with Crippen LogP contribution in [0.5, 0.6) is 11.5 Å². The van der Waals surface area contributed by atoms with E-state index in [1.807, 2.05) is 30.3 Å². The van der Waals surface area contributed by atoms with Gasteiger partial charge in [-0.25, -0.2) is 8.42 Å². The Morgan fingerprint density at radius 2 is 1.57 bits per heavy atom. The average molecular weight is 514 g/mol. The number of esters is 1. The predicted octanol–water partition coefficient (Wildman–Crippen LogP) is 5.50. The van der Waals surface area contributed by atoms with E-state index in [0.29, 0.717) is 36.2 Å². The first-order valence-electron chi connectivity index (χ1n) is 11.6. The van der Waals surface area contributed by atoms with Crippen LogP contribution in [0.15, 0.2) is 83.8 Å². The number of benzene rings is 3. The molecule has 6 nitrogen and oxygen atoms in total. The lowest BCUT2D eigenvalue weighted by Gasteiger charge is -2.39. The van der Waals surface area contributed by atoms with Gasteiger partial charge in [0, 0.05) is 19.6 Å². The van der Waals surface area contributed by atoms with Crippen molar-refractivity contribution in [1.82, 2.24) is 4.90 Å². The number of carbonyl (C=O) groups excluding carboxylic acids is 1. The summed E-state index contributed by atoms with van der Waals surface area (Å²) in [5, 5.41) is 0.452. The zero-order chi connectivity index (χ0) is 24.9. The zero-order valence-electron chi connectivity index (χ0n) is 19.5. The van der Waals surface area contributed by atoms with Crippen LogP contribution in [-0.2, 0) is 25.9 Å². The lowest BCUT2D eigenvalue weighted by molar-refractivity contribution is -0.147. The Balaban J connectivity index is 1.55. The Bertz CT molecular complexity index is 1250. The number of nitrogens with zero attached hydrogens (tertiary/aromatic N) is 1. The van der Waals surface area contributed by atoms with Gasteiger partial charge in [0.1, 0.15) is 11.5 Å². The molecule has 3 aromatic carbocycles. The highest BCUT2D eigenvalue weighted by Crippen LogP contribution is 2.38. The molecule has 1 fully saturated rings. The summed E-state index contributed by atoms with van der Waals surface area (Å²) in [6, 6.07) is 23.1. The van der Waals surface area contributed by atoms with E-state index in [1.165, 1.54) is 12.1 Å². The average Bonchev–Trinajstić information content (AvgIpc) is 2.87. The van der Waals surface area contributed by atoms with E-state index >= 15 is 0 Å².